The fourth-order valence-corrected chi connectivity index (χ4v) is 5.91. The Balaban J connectivity index is 1.53. The number of fused-ring (bicyclic) bond motifs is 3. The Labute approximate surface area is 220 Å². The van der Waals surface area contributed by atoms with Crippen LogP contribution in [0, 0.1) is 11.2 Å². The number of anilines is 1. The van der Waals surface area contributed by atoms with Crippen LogP contribution in [0.2, 0.25) is 0 Å². The Kier molecular flexibility index (Phi) is 6.73. The molecule has 200 valence electrons. The number of halogens is 1. The highest BCUT2D eigenvalue weighted by atomic mass is 19.1. The predicted octanol–water partition coefficient (Wildman–Crippen LogP) is 4.38. The molecular weight excluding hydrogens is 487 g/mol. The summed E-state index contributed by atoms with van der Waals surface area (Å²) in [5.74, 6) is -1.42. The maximum absolute atomic E-state index is 14.3. The minimum absolute atomic E-state index is 0.0581. The second-order valence-corrected chi connectivity index (χ2v) is 11.2. The summed E-state index contributed by atoms with van der Waals surface area (Å²) in [5.41, 5.74) is 14.9. The van der Waals surface area contributed by atoms with Crippen molar-refractivity contribution >= 4 is 34.4 Å². The topological polar surface area (TPSA) is 129 Å². The lowest BCUT2D eigenvalue weighted by Gasteiger charge is -2.31. The van der Waals surface area contributed by atoms with E-state index in [9.17, 15) is 18.8 Å². The maximum Gasteiger partial charge on any atom is 0.319 e. The fourth-order valence-electron chi connectivity index (χ4n) is 5.91. The van der Waals surface area contributed by atoms with Gasteiger partial charge >= 0.3 is 5.97 Å². The highest BCUT2D eigenvalue weighted by Crippen LogP contribution is 2.43. The molecule has 0 unspecified atom stereocenters. The number of ether oxygens (including phenoxy) is 1. The normalized spacial score (nSPS) is 20.7. The molecule has 1 aromatic heterocycles. The van der Waals surface area contributed by atoms with Crippen molar-refractivity contribution in [1.82, 2.24) is 4.57 Å². The molecule has 1 fully saturated rings. The zero-order valence-electron chi connectivity index (χ0n) is 21.7. The molecule has 1 aliphatic carbocycles. The van der Waals surface area contributed by atoms with Crippen LogP contribution in [0.3, 0.4) is 0 Å². The number of nitrogens with one attached hydrogen (secondary N) is 1. The first-order valence-corrected chi connectivity index (χ1v) is 13.0. The van der Waals surface area contributed by atoms with Gasteiger partial charge in [-0.05, 0) is 73.4 Å². The van der Waals surface area contributed by atoms with Crippen molar-refractivity contribution in [1.29, 1.82) is 0 Å². The second kappa shape index (κ2) is 9.87. The number of carbonyl (C=O) groups excluding carboxylic acids is 3. The van der Waals surface area contributed by atoms with Crippen molar-refractivity contribution in [2.45, 2.75) is 64.5 Å². The number of rotatable bonds is 6. The maximum atomic E-state index is 14.3. The van der Waals surface area contributed by atoms with Gasteiger partial charge in [-0.25, -0.2) is 4.39 Å². The van der Waals surface area contributed by atoms with Crippen LogP contribution < -0.4 is 16.8 Å². The van der Waals surface area contributed by atoms with Crippen molar-refractivity contribution in [3.05, 3.63) is 53.5 Å². The highest BCUT2D eigenvalue weighted by molar-refractivity contribution is 6.06. The van der Waals surface area contributed by atoms with Gasteiger partial charge in [0.05, 0.1) is 17.6 Å². The molecule has 2 heterocycles. The lowest BCUT2D eigenvalue weighted by Crippen LogP contribution is -2.33. The van der Waals surface area contributed by atoms with Crippen LogP contribution in [0.5, 0.6) is 0 Å². The quantitative estimate of drug-likeness (QED) is 0.414. The van der Waals surface area contributed by atoms with Gasteiger partial charge in [-0.2, -0.15) is 0 Å². The largest absolute Gasteiger partial charge is 0.461 e. The van der Waals surface area contributed by atoms with E-state index in [2.05, 4.69) is 19.2 Å². The van der Waals surface area contributed by atoms with Crippen LogP contribution in [-0.2, 0) is 16.0 Å². The minimum atomic E-state index is -0.549. The highest BCUT2D eigenvalue weighted by Gasteiger charge is 2.35. The third kappa shape index (κ3) is 4.90. The van der Waals surface area contributed by atoms with Crippen molar-refractivity contribution in [2.75, 3.05) is 11.9 Å². The third-order valence-corrected chi connectivity index (χ3v) is 7.63. The molecule has 0 saturated heterocycles. The molecule has 5 rings (SSSR count). The number of carbonyl (C=O) groups is 3. The lowest BCUT2D eigenvalue weighted by molar-refractivity contribution is -0.148. The first kappa shape index (κ1) is 25.9. The average Bonchev–Trinajstić information content (AvgIpc) is 3.17. The van der Waals surface area contributed by atoms with Crippen LogP contribution in [0.1, 0.15) is 66.8 Å². The van der Waals surface area contributed by atoms with E-state index in [1.807, 2.05) is 12.1 Å². The van der Waals surface area contributed by atoms with Crippen LogP contribution in [0.25, 0.3) is 22.0 Å². The van der Waals surface area contributed by atoms with Gasteiger partial charge in [0.2, 0.25) is 5.91 Å². The Hall–Kier alpha value is -3.72. The number of aromatic nitrogens is 1. The summed E-state index contributed by atoms with van der Waals surface area (Å²) in [5, 5.41) is 4.27. The molecule has 0 bridgehead atoms. The summed E-state index contributed by atoms with van der Waals surface area (Å²) in [6, 6.07) is 10.0. The van der Waals surface area contributed by atoms with E-state index >= 15 is 0 Å². The standard InChI is InChI=1S/C29H33FN4O4/c1-29(2)13-24-27(21-10-4-17(30)12-23(21)34(24)25(35)14-29)16-3-9-20(28(32)37)22(11-16)33-18-5-7-19(8-6-18)38-26(36)15-31/h3-4,9-12,18-19,33H,5-8,13-15,31H2,1-2H3,(H2,32,37). The van der Waals surface area contributed by atoms with Crippen LogP contribution in [-0.4, -0.2) is 41.0 Å². The van der Waals surface area contributed by atoms with Gasteiger partial charge in [0.25, 0.3) is 5.91 Å². The average molecular weight is 521 g/mol. The first-order chi connectivity index (χ1) is 18.1. The summed E-state index contributed by atoms with van der Waals surface area (Å²) in [6.45, 7) is 3.97. The van der Waals surface area contributed by atoms with E-state index in [0.717, 1.165) is 35.0 Å². The van der Waals surface area contributed by atoms with Crippen LogP contribution in [0.15, 0.2) is 36.4 Å². The molecule has 8 nitrogen and oxygen atoms in total. The van der Waals surface area contributed by atoms with Gasteiger partial charge in [-0.1, -0.05) is 19.9 Å². The first-order valence-electron chi connectivity index (χ1n) is 13.0. The number of hydrogen-bond acceptors (Lipinski definition) is 6. The fraction of sp³-hybridized carbons (Fsp3) is 0.414. The minimum Gasteiger partial charge on any atom is -0.461 e. The van der Waals surface area contributed by atoms with E-state index in [1.165, 1.54) is 12.1 Å². The van der Waals surface area contributed by atoms with Gasteiger partial charge in [-0.15, -0.1) is 0 Å². The van der Waals surface area contributed by atoms with Crippen LogP contribution >= 0.6 is 0 Å². The molecule has 1 saturated carbocycles. The molecule has 2 aromatic carbocycles. The molecule has 0 spiro atoms. The van der Waals surface area contributed by atoms with E-state index in [4.69, 9.17) is 16.2 Å². The second-order valence-electron chi connectivity index (χ2n) is 11.2. The van der Waals surface area contributed by atoms with Crippen molar-refractivity contribution < 1.29 is 23.5 Å². The molecule has 0 radical (unpaired) electrons. The SMILES string of the molecule is CC1(C)CC(=O)n2c(c(-c3ccc(C(N)=O)c(NC4CCC(OC(=O)CN)CC4)c3)c3ccc(F)cc32)C1. The van der Waals surface area contributed by atoms with Gasteiger partial charge in [0.1, 0.15) is 11.9 Å². The number of hydrogen-bond donors (Lipinski definition) is 3. The number of nitrogens with zero attached hydrogens (tertiary/aromatic N) is 1. The molecule has 5 N–H and O–H groups in total. The van der Waals surface area contributed by atoms with Crippen molar-refractivity contribution in [2.24, 2.45) is 16.9 Å². The number of esters is 1. The molecule has 1 amide bonds. The molecule has 2 aliphatic rings. The van der Waals surface area contributed by atoms with Gasteiger partial charge in [-0.3, -0.25) is 19.0 Å². The lowest BCUT2D eigenvalue weighted by atomic mass is 9.80. The van der Waals surface area contributed by atoms with Gasteiger partial charge in [0, 0.05) is 34.8 Å². The Morgan fingerprint density at radius 3 is 2.53 bits per heavy atom. The van der Waals surface area contributed by atoms with E-state index in [0.29, 0.717) is 42.5 Å². The number of primary amides is 1. The summed E-state index contributed by atoms with van der Waals surface area (Å²) in [7, 11) is 0. The number of benzene rings is 2. The van der Waals surface area contributed by atoms with E-state index in [1.54, 1.807) is 16.7 Å². The van der Waals surface area contributed by atoms with Crippen molar-refractivity contribution in [3.63, 3.8) is 0 Å². The monoisotopic (exact) mass is 520 g/mol. The number of nitrogens with two attached hydrogens (primary N) is 2. The predicted molar refractivity (Wildman–Crippen MR) is 143 cm³/mol. The van der Waals surface area contributed by atoms with Crippen molar-refractivity contribution in [3.8, 4) is 11.1 Å². The van der Waals surface area contributed by atoms with Gasteiger partial charge < -0.3 is 21.5 Å². The third-order valence-electron chi connectivity index (χ3n) is 7.63. The number of amides is 1. The van der Waals surface area contributed by atoms with Crippen LogP contribution in [0.4, 0.5) is 10.1 Å². The summed E-state index contributed by atoms with van der Waals surface area (Å²) in [6.07, 6.45) is 3.73. The Morgan fingerprint density at radius 2 is 1.84 bits per heavy atom. The van der Waals surface area contributed by atoms with E-state index < -0.39 is 17.7 Å². The molecule has 0 atom stereocenters. The van der Waals surface area contributed by atoms with E-state index in [-0.39, 0.29) is 30.0 Å². The smallest absolute Gasteiger partial charge is 0.319 e. The molecular formula is C29H33FN4O4. The van der Waals surface area contributed by atoms with Gasteiger partial charge in [0.15, 0.2) is 0 Å². The molecule has 3 aromatic rings. The summed E-state index contributed by atoms with van der Waals surface area (Å²) in [4.78, 5) is 37.0. The summed E-state index contributed by atoms with van der Waals surface area (Å²) < 4.78 is 21.3. The Bertz CT molecular complexity index is 1440. The molecule has 38 heavy (non-hydrogen) atoms. The Morgan fingerprint density at radius 1 is 1.11 bits per heavy atom. The molecule has 1 aliphatic heterocycles. The summed E-state index contributed by atoms with van der Waals surface area (Å²) >= 11 is 0. The zero-order chi connectivity index (χ0) is 27.2. The zero-order valence-corrected chi connectivity index (χ0v) is 21.7. The molecule has 9 heteroatoms.